The van der Waals surface area contributed by atoms with Crippen molar-refractivity contribution in [2.45, 2.75) is 6.92 Å². The highest BCUT2D eigenvalue weighted by Gasteiger charge is 2.10. The summed E-state index contributed by atoms with van der Waals surface area (Å²) in [6.45, 7) is 1.46. The molecule has 1 aromatic carbocycles. The van der Waals surface area contributed by atoms with Crippen LogP contribution in [0.3, 0.4) is 0 Å². The number of carbonyl (C=O) groups excluding carboxylic acids is 1. The molecule has 1 N–H and O–H groups in total. The number of imidazole rings is 1. The third kappa shape index (κ3) is 3.61. The number of nitrogens with zero attached hydrogens (tertiary/aromatic N) is 4. The van der Waals surface area contributed by atoms with Gasteiger partial charge in [0.2, 0.25) is 17.7 Å². The van der Waals surface area contributed by atoms with Crippen molar-refractivity contribution in [2.75, 3.05) is 12.4 Å². The topological polar surface area (TPSA) is 90.6 Å². The van der Waals surface area contributed by atoms with Gasteiger partial charge in [0, 0.05) is 36.5 Å². The number of methoxy groups -OCH3 is 1. The van der Waals surface area contributed by atoms with Crippen LogP contribution in [0.1, 0.15) is 6.92 Å². The van der Waals surface area contributed by atoms with E-state index in [1.54, 1.807) is 60.4 Å². The summed E-state index contributed by atoms with van der Waals surface area (Å²) in [6, 6.07) is 14.3. The highest BCUT2D eigenvalue weighted by atomic mass is 16.5. The summed E-state index contributed by atoms with van der Waals surface area (Å²) >= 11 is 0. The minimum Gasteiger partial charge on any atom is -0.481 e. The van der Waals surface area contributed by atoms with Gasteiger partial charge in [0.25, 0.3) is 0 Å². The van der Waals surface area contributed by atoms with Crippen molar-refractivity contribution in [3.63, 3.8) is 0 Å². The number of rotatable bonds is 5. The van der Waals surface area contributed by atoms with Crippen LogP contribution in [-0.2, 0) is 4.79 Å². The summed E-state index contributed by atoms with van der Waals surface area (Å²) in [7, 11) is 1.57. The number of ether oxygens (including phenoxy) is 2. The summed E-state index contributed by atoms with van der Waals surface area (Å²) in [5.74, 6) is 1.44. The van der Waals surface area contributed by atoms with Gasteiger partial charge in [0.05, 0.1) is 19.0 Å². The van der Waals surface area contributed by atoms with Gasteiger partial charge in [0.1, 0.15) is 5.75 Å². The van der Waals surface area contributed by atoms with Crippen molar-refractivity contribution < 1.29 is 14.3 Å². The second-order valence-corrected chi connectivity index (χ2v) is 5.98. The van der Waals surface area contributed by atoms with E-state index >= 15 is 0 Å². The zero-order valence-corrected chi connectivity index (χ0v) is 15.3. The standard InChI is InChI=1S/C20H17N5O3/c1-13(26)23-15-4-6-16(7-5-15)28-20-10-8-18-21-12-17(25(18)24-20)14-3-9-19(27-2)22-11-14/h3-12H,1-2H3,(H,23,26). The highest BCUT2D eigenvalue weighted by molar-refractivity contribution is 5.88. The molecule has 0 aliphatic heterocycles. The number of carbonyl (C=O) groups is 1. The first kappa shape index (κ1) is 17.5. The maximum Gasteiger partial charge on any atom is 0.237 e. The Kier molecular flexibility index (Phi) is 4.59. The Balaban J connectivity index is 1.61. The Morgan fingerprint density at radius 2 is 1.75 bits per heavy atom. The molecule has 4 aromatic rings. The summed E-state index contributed by atoms with van der Waals surface area (Å²) in [5, 5.41) is 7.24. The number of benzene rings is 1. The van der Waals surface area contributed by atoms with Crippen LogP contribution in [0.15, 0.2) is 60.9 Å². The largest absolute Gasteiger partial charge is 0.481 e. The molecule has 0 aliphatic carbocycles. The molecule has 3 aromatic heterocycles. The number of anilines is 1. The molecule has 0 spiro atoms. The molecule has 8 heteroatoms. The Morgan fingerprint density at radius 3 is 2.43 bits per heavy atom. The van der Waals surface area contributed by atoms with E-state index in [0.717, 1.165) is 11.3 Å². The lowest BCUT2D eigenvalue weighted by atomic mass is 10.2. The van der Waals surface area contributed by atoms with Crippen LogP contribution < -0.4 is 14.8 Å². The maximum atomic E-state index is 11.1. The summed E-state index contributed by atoms with van der Waals surface area (Å²) in [6.07, 6.45) is 3.44. The predicted octanol–water partition coefficient (Wildman–Crippen LogP) is 3.55. The minimum absolute atomic E-state index is 0.124. The van der Waals surface area contributed by atoms with Gasteiger partial charge in [-0.2, -0.15) is 0 Å². The van der Waals surface area contributed by atoms with Gasteiger partial charge >= 0.3 is 0 Å². The van der Waals surface area contributed by atoms with Gasteiger partial charge < -0.3 is 14.8 Å². The summed E-state index contributed by atoms with van der Waals surface area (Å²) in [5.41, 5.74) is 3.04. The fourth-order valence-electron chi connectivity index (χ4n) is 2.69. The highest BCUT2D eigenvalue weighted by Crippen LogP contribution is 2.25. The molecule has 0 saturated carbocycles. The maximum absolute atomic E-state index is 11.1. The Bertz CT molecular complexity index is 1120. The number of aromatic nitrogens is 4. The third-order valence-electron chi connectivity index (χ3n) is 3.98. The molecule has 0 atom stereocenters. The molecule has 0 fully saturated rings. The van der Waals surface area contributed by atoms with E-state index in [9.17, 15) is 4.79 Å². The smallest absolute Gasteiger partial charge is 0.237 e. The van der Waals surface area contributed by atoms with Crippen LogP contribution in [0.2, 0.25) is 0 Å². The van der Waals surface area contributed by atoms with E-state index in [2.05, 4.69) is 20.4 Å². The third-order valence-corrected chi connectivity index (χ3v) is 3.98. The number of pyridine rings is 1. The fourth-order valence-corrected chi connectivity index (χ4v) is 2.69. The van der Waals surface area contributed by atoms with Crippen LogP contribution in [0.4, 0.5) is 5.69 Å². The zero-order chi connectivity index (χ0) is 19.5. The number of hydrogen-bond acceptors (Lipinski definition) is 6. The molecule has 3 heterocycles. The number of amides is 1. The van der Waals surface area contributed by atoms with E-state index in [0.29, 0.717) is 28.8 Å². The van der Waals surface area contributed by atoms with Gasteiger partial charge in [-0.05, 0) is 36.4 Å². The van der Waals surface area contributed by atoms with Gasteiger partial charge in [-0.1, -0.05) is 0 Å². The quantitative estimate of drug-likeness (QED) is 0.574. The first-order valence-electron chi connectivity index (χ1n) is 8.53. The van der Waals surface area contributed by atoms with Gasteiger partial charge in [-0.25, -0.2) is 14.5 Å². The van der Waals surface area contributed by atoms with Crippen LogP contribution in [0.25, 0.3) is 16.9 Å². The van der Waals surface area contributed by atoms with E-state index in [1.807, 2.05) is 12.1 Å². The molecule has 0 radical (unpaired) electrons. The number of hydrogen-bond donors (Lipinski definition) is 1. The molecular weight excluding hydrogens is 358 g/mol. The van der Waals surface area contributed by atoms with Crippen LogP contribution in [0, 0.1) is 0 Å². The zero-order valence-electron chi connectivity index (χ0n) is 15.3. The first-order chi connectivity index (χ1) is 13.6. The van der Waals surface area contributed by atoms with Gasteiger partial charge in [0.15, 0.2) is 5.65 Å². The Hall–Kier alpha value is -3.94. The lowest BCUT2D eigenvalue weighted by molar-refractivity contribution is -0.114. The van der Waals surface area contributed by atoms with E-state index in [1.165, 1.54) is 6.92 Å². The van der Waals surface area contributed by atoms with Crippen molar-refractivity contribution in [1.82, 2.24) is 19.6 Å². The second kappa shape index (κ2) is 7.36. The monoisotopic (exact) mass is 375 g/mol. The number of fused-ring (bicyclic) bond motifs is 1. The molecule has 28 heavy (non-hydrogen) atoms. The molecule has 1 amide bonds. The molecule has 0 saturated heterocycles. The molecule has 140 valence electrons. The average molecular weight is 375 g/mol. The van der Waals surface area contributed by atoms with Crippen molar-refractivity contribution in [1.29, 1.82) is 0 Å². The van der Waals surface area contributed by atoms with Gasteiger partial charge in [-0.3, -0.25) is 4.79 Å². The first-order valence-corrected chi connectivity index (χ1v) is 8.53. The van der Waals surface area contributed by atoms with Crippen LogP contribution in [0.5, 0.6) is 17.5 Å². The van der Waals surface area contributed by atoms with Crippen molar-refractivity contribution >= 4 is 17.2 Å². The van der Waals surface area contributed by atoms with E-state index in [-0.39, 0.29) is 5.91 Å². The molecule has 0 aliphatic rings. The number of nitrogens with one attached hydrogen (secondary N) is 1. The molecule has 0 bridgehead atoms. The van der Waals surface area contributed by atoms with E-state index in [4.69, 9.17) is 9.47 Å². The predicted molar refractivity (Wildman–Crippen MR) is 104 cm³/mol. The normalized spacial score (nSPS) is 10.6. The lowest BCUT2D eigenvalue weighted by Gasteiger charge is -2.08. The second-order valence-electron chi connectivity index (χ2n) is 5.98. The van der Waals surface area contributed by atoms with Crippen molar-refractivity contribution in [2.24, 2.45) is 0 Å². The van der Waals surface area contributed by atoms with E-state index < -0.39 is 0 Å². The Morgan fingerprint density at radius 1 is 0.964 bits per heavy atom. The van der Waals surface area contributed by atoms with Crippen LogP contribution >= 0.6 is 0 Å². The molecule has 0 unspecified atom stereocenters. The van der Waals surface area contributed by atoms with Gasteiger partial charge in [-0.15, -0.1) is 5.10 Å². The minimum atomic E-state index is -0.124. The van der Waals surface area contributed by atoms with Crippen molar-refractivity contribution in [3.05, 3.63) is 60.9 Å². The summed E-state index contributed by atoms with van der Waals surface area (Å²) in [4.78, 5) is 19.7. The SMILES string of the molecule is COc1ccc(-c2cnc3ccc(Oc4ccc(NC(C)=O)cc4)nn23)cn1. The Labute approximate surface area is 160 Å². The lowest BCUT2D eigenvalue weighted by Crippen LogP contribution is -2.05. The van der Waals surface area contributed by atoms with Crippen molar-refractivity contribution in [3.8, 4) is 28.8 Å². The van der Waals surface area contributed by atoms with Crippen LogP contribution in [-0.4, -0.2) is 32.6 Å². The molecule has 8 nitrogen and oxygen atoms in total. The summed E-state index contributed by atoms with van der Waals surface area (Å²) < 4.78 is 12.6. The molecule has 4 rings (SSSR count). The molecular formula is C20H17N5O3. The average Bonchev–Trinajstić information content (AvgIpc) is 3.12. The fraction of sp³-hybridized carbons (Fsp3) is 0.100.